The minimum atomic E-state index is -0.560. The summed E-state index contributed by atoms with van der Waals surface area (Å²) in [7, 11) is 3.71. The Bertz CT molecular complexity index is 753. The van der Waals surface area contributed by atoms with Gasteiger partial charge in [-0.3, -0.25) is 9.47 Å². The summed E-state index contributed by atoms with van der Waals surface area (Å²) in [5.74, 6) is -0.560. The van der Waals surface area contributed by atoms with E-state index in [1.807, 2.05) is 38.2 Å². The molecule has 5 nitrogen and oxygen atoms in total. The van der Waals surface area contributed by atoms with Crippen molar-refractivity contribution in [2.45, 2.75) is 19.8 Å². The van der Waals surface area contributed by atoms with Crippen molar-refractivity contribution in [3.8, 4) is 0 Å². The Hall–Kier alpha value is -1.57. The van der Waals surface area contributed by atoms with Gasteiger partial charge in [-0.05, 0) is 47.2 Å². The smallest absolute Gasteiger partial charge is 0.343 e. The lowest BCUT2D eigenvalue weighted by atomic mass is 10.1. The normalized spacial score (nSPS) is 10.7. The number of rotatable bonds is 5. The molecule has 2 rings (SSSR count). The van der Waals surface area contributed by atoms with Gasteiger partial charge in [-0.2, -0.15) is 0 Å². The van der Waals surface area contributed by atoms with E-state index in [4.69, 9.17) is 4.74 Å². The van der Waals surface area contributed by atoms with Gasteiger partial charge < -0.3 is 9.75 Å². The molecule has 0 aliphatic carbocycles. The maximum Gasteiger partial charge on any atom is 0.343 e. The Morgan fingerprint density at radius 2 is 2.09 bits per heavy atom. The van der Waals surface area contributed by atoms with Crippen molar-refractivity contribution in [3.05, 3.63) is 43.8 Å². The lowest BCUT2D eigenvalue weighted by Crippen LogP contribution is -2.30. The van der Waals surface area contributed by atoms with Crippen LogP contribution in [0.5, 0.6) is 0 Å². The van der Waals surface area contributed by atoms with E-state index < -0.39 is 5.97 Å². The zero-order chi connectivity index (χ0) is 16.3. The standard InChI is InChI=1S/C16H19IN2O3/c1-4-5-8-22-16(21)13-10-19(18(2)3)14-7-6-11(17)9-12(14)15(13)20/h6-7,9-10H,4-5,8H2,1-3H3. The molecular weight excluding hydrogens is 395 g/mol. The zero-order valence-corrected chi connectivity index (χ0v) is 15.1. The number of aromatic nitrogens is 1. The van der Waals surface area contributed by atoms with Crippen LogP contribution in [0, 0.1) is 3.57 Å². The van der Waals surface area contributed by atoms with E-state index in [9.17, 15) is 9.59 Å². The van der Waals surface area contributed by atoms with Gasteiger partial charge in [0.05, 0.1) is 12.1 Å². The predicted octanol–water partition coefficient (Wildman–Crippen LogP) is 2.76. The average Bonchev–Trinajstić information content (AvgIpc) is 2.48. The molecule has 0 saturated carbocycles. The highest BCUT2D eigenvalue weighted by atomic mass is 127. The molecule has 2 aromatic rings. The molecule has 0 radical (unpaired) electrons. The van der Waals surface area contributed by atoms with E-state index in [0.717, 1.165) is 21.9 Å². The number of carbonyl (C=O) groups excluding carboxylic acids is 1. The van der Waals surface area contributed by atoms with Crippen LogP contribution < -0.4 is 10.4 Å². The average molecular weight is 414 g/mol. The van der Waals surface area contributed by atoms with Crippen LogP contribution >= 0.6 is 22.6 Å². The van der Waals surface area contributed by atoms with Crippen molar-refractivity contribution in [2.24, 2.45) is 0 Å². The number of pyridine rings is 1. The van der Waals surface area contributed by atoms with E-state index in [2.05, 4.69) is 22.6 Å². The first kappa shape index (κ1) is 16.8. The number of ether oxygens (including phenoxy) is 1. The molecule has 1 aromatic carbocycles. The summed E-state index contributed by atoms with van der Waals surface area (Å²) in [6.07, 6.45) is 3.27. The molecule has 1 heterocycles. The molecule has 0 aliphatic rings. The van der Waals surface area contributed by atoms with Crippen molar-refractivity contribution in [1.82, 2.24) is 4.68 Å². The molecule has 0 bridgehead atoms. The van der Waals surface area contributed by atoms with Gasteiger partial charge in [0.15, 0.2) is 0 Å². The van der Waals surface area contributed by atoms with Gasteiger partial charge in [-0.15, -0.1) is 0 Å². The van der Waals surface area contributed by atoms with Crippen LogP contribution in [0.4, 0.5) is 0 Å². The summed E-state index contributed by atoms with van der Waals surface area (Å²) < 4.78 is 7.92. The molecule has 0 aliphatic heterocycles. The van der Waals surface area contributed by atoms with Gasteiger partial charge in [0.25, 0.3) is 0 Å². The van der Waals surface area contributed by atoms with Crippen molar-refractivity contribution < 1.29 is 9.53 Å². The molecule has 0 N–H and O–H groups in total. The molecule has 6 heteroatoms. The summed E-state index contributed by atoms with van der Waals surface area (Å²) in [5, 5.41) is 2.34. The number of nitrogens with zero attached hydrogens (tertiary/aromatic N) is 2. The Balaban J connectivity index is 2.57. The first-order valence-electron chi connectivity index (χ1n) is 7.15. The van der Waals surface area contributed by atoms with Crippen molar-refractivity contribution >= 4 is 39.5 Å². The highest BCUT2D eigenvalue weighted by molar-refractivity contribution is 14.1. The van der Waals surface area contributed by atoms with E-state index in [0.29, 0.717) is 12.0 Å². The highest BCUT2D eigenvalue weighted by Gasteiger charge is 2.17. The summed E-state index contributed by atoms with van der Waals surface area (Å²) in [6, 6.07) is 5.60. The number of esters is 1. The quantitative estimate of drug-likeness (QED) is 0.429. The van der Waals surface area contributed by atoms with Gasteiger partial charge in [-0.1, -0.05) is 13.3 Å². The fourth-order valence-electron chi connectivity index (χ4n) is 2.15. The Labute approximate surface area is 143 Å². The highest BCUT2D eigenvalue weighted by Crippen LogP contribution is 2.16. The SMILES string of the molecule is CCCCOC(=O)c1cn(N(C)C)c2ccc(I)cc2c1=O. The summed E-state index contributed by atoms with van der Waals surface area (Å²) in [5.41, 5.74) is 0.549. The number of halogens is 1. The molecule has 0 spiro atoms. The lowest BCUT2D eigenvalue weighted by Gasteiger charge is -2.20. The van der Waals surface area contributed by atoms with Crippen LogP contribution in [-0.4, -0.2) is 31.3 Å². The largest absolute Gasteiger partial charge is 0.462 e. The van der Waals surface area contributed by atoms with Crippen LogP contribution in [0.1, 0.15) is 30.1 Å². The molecule has 0 amide bonds. The van der Waals surface area contributed by atoms with Crippen LogP contribution in [-0.2, 0) is 4.74 Å². The van der Waals surface area contributed by atoms with Gasteiger partial charge in [0.1, 0.15) is 5.56 Å². The number of hydrogen-bond acceptors (Lipinski definition) is 4. The second-order valence-electron chi connectivity index (χ2n) is 5.21. The molecular formula is C16H19IN2O3. The fourth-order valence-corrected chi connectivity index (χ4v) is 2.64. The maximum atomic E-state index is 12.6. The summed E-state index contributed by atoms with van der Waals surface area (Å²) >= 11 is 2.15. The monoisotopic (exact) mass is 414 g/mol. The minimum Gasteiger partial charge on any atom is -0.462 e. The van der Waals surface area contributed by atoms with E-state index >= 15 is 0 Å². The number of fused-ring (bicyclic) bond motifs is 1. The first-order chi connectivity index (χ1) is 10.5. The topological polar surface area (TPSA) is 51.5 Å². The van der Waals surface area contributed by atoms with Crippen molar-refractivity contribution in [1.29, 1.82) is 0 Å². The number of carbonyl (C=O) groups is 1. The van der Waals surface area contributed by atoms with Gasteiger partial charge >= 0.3 is 5.97 Å². The molecule has 0 fully saturated rings. The minimum absolute atomic E-state index is 0.0688. The predicted molar refractivity (Wildman–Crippen MR) is 96.2 cm³/mol. The van der Waals surface area contributed by atoms with Crippen LogP contribution in [0.2, 0.25) is 0 Å². The third-order valence-corrected chi connectivity index (χ3v) is 4.00. The second-order valence-corrected chi connectivity index (χ2v) is 6.46. The fraction of sp³-hybridized carbons (Fsp3) is 0.375. The molecule has 0 saturated heterocycles. The Kier molecular flexibility index (Phi) is 5.44. The molecule has 22 heavy (non-hydrogen) atoms. The van der Waals surface area contributed by atoms with Gasteiger partial charge in [0, 0.05) is 29.2 Å². The number of hydrogen-bond donors (Lipinski definition) is 0. The van der Waals surface area contributed by atoms with Gasteiger partial charge in [-0.25, -0.2) is 4.79 Å². The Morgan fingerprint density at radius 3 is 2.73 bits per heavy atom. The number of unbranched alkanes of at least 4 members (excludes halogenated alkanes) is 1. The molecule has 0 atom stereocenters. The van der Waals surface area contributed by atoms with E-state index in [1.54, 1.807) is 16.9 Å². The molecule has 1 aromatic heterocycles. The third kappa shape index (κ3) is 3.43. The van der Waals surface area contributed by atoms with Crippen molar-refractivity contribution in [2.75, 3.05) is 25.7 Å². The van der Waals surface area contributed by atoms with Gasteiger partial charge in [0.2, 0.25) is 5.43 Å². The van der Waals surface area contributed by atoms with Crippen LogP contribution in [0.25, 0.3) is 10.9 Å². The Morgan fingerprint density at radius 1 is 1.36 bits per heavy atom. The molecule has 118 valence electrons. The van der Waals surface area contributed by atoms with Crippen molar-refractivity contribution in [3.63, 3.8) is 0 Å². The zero-order valence-electron chi connectivity index (χ0n) is 12.9. The maximum absolute atomic E-state index is 12.6. The van der Waals surface area contributed by atoms with E-state index in [1.165, 1.54) is 0 Å². The number of benzene rings is 1. The van der Waals surface area contributed by atoms with Crippen LogP contribution in [0.3, 0.4) is 0 Å². The van der Waals surface area contributed by atoms with E-state index in [-0.39, 0.29) is 11.0 Å². The van der Waals surface area contributed by atoms with Crippen LogP contribution in [0.15, 0.2) is 29.2 Å². The summed E-state index contributed by atoms with van der Waals surface area (Å²) in [4.78, 5) is 24.8. The molecule has 0 unspecified atom stereocenters. The second kappa shape index (κ2) is 7.13. The lowest BCUT2D eigenvalue weighted by molar-refractivity contribution is 0.0497. The first-order valence-corrected chi connectivity index (χ1v) is 8.23. The summed E-state index contributed by atoms with van der Waals surface area (Å²) in [6.45, 7) is 2.35. The third-order valence-electron chi connectivity index (χ3n) is 3.33.